The van der Waals surface area contributed by atoms with Crippen molar-refractivity contribution in [3.05, 3.63) is 52.7 Å². The van der Waals surface area contributed by atoms with Crippen molar-refractivity contribution in [3.63, 3.8) is 0 Å². The van der Waals surface area contributed by atoms with Gasteiger partial charge in [-0.05, 0) is 44.7 Å². The number of benzene rings is 1. The highest BCUT2D eigenvalue weighted by molar-refractivity contribution is 7.84. The van der Waals surface area contributed by atoms with Crippen molar-refractivity contribution in [2.75, 3.05) is 30.8 Å². The lowest BCUT2D eigenvalue weighted by atomic mass is 9.70. The van der Waals surface area contributed by atoms with E-state index in [1.54, 1.807) is 11.2 Å². The molecule has 2 aliphatic carbocycles. The van der Waals surface area contributed by atoms with Gasteiger partial charge in [0.05, 0.1) is 35.0 Å². The molecule has 2 aromatic rings. The van der Waals surface area contributed by atoms with Crippen LogP contribution < -0.4 is 4.90 Å². The molecule has 1 spiro atoms. The van der Waals surface area contributed by atoms with Crippen molar-refractivity contribution < 1.29 is 13.7 Å². The van der Waals surface area contributed by atoms with Crippen LogP contribution in [-0.2, 0) is 33.8 Å². The Bertz CT molecular complexity index is 1330. The zero-order chi connectivity index (χ0) is 26.4. The van der Waals surface area contributed by atoms with Gasteiger partial charge in [-0.1, -0.05) is 36.4 Å². The van der Waals surface area contributed by atoms with Gasteiger partial charge in [-0.2, -0.15) is 5.26 Å². The SMILES string of the molecule is CS(=O)c1nc2c(c(N3CCN(C(=O)OC(C)(C)C)[C@@H](CC#N)C3)n1)CCC1(C=Cc3ccccc31)C2. The number of nitrogens with zero attached hydrogens (tertiary/aromatic N) is 5. The van der Waals surface area contributed by atoms with Crippen LogP contribution in [0, 0.1) is 11.3 Å². The Kier molecular flexibility index (Phi) is 6.57. The van der Waals surface area contributed by atoms with Crippen molar-refractivity contribution in [1.29, 1.82) is 5.26 Å². The predicted molar refractivity (Wildman–Crippen MR) is 143 cm³/mol. The fourth-order valence-electron chi connectivity index (χ4n) is 5.72. The summed E-state index contributed by atoms with van der Waals surface area (Å²) in [5, 5.41) is 9.82. The standard InChI is InChI=1S/C28H33N5O3S/c1-27(2,3)36-26(34)33-16-15-32(18-20(33)11-14-29)24-21-10-13-28(12-9-19-7-5-6-8-22(19)28)17-23(21)30-25(31-24)37(4)35/h5-9,12,20H,10-11,13,15-18H2,1-4H3/t20-,28?,37?/m0/s1. The average Bonchev–Trinajstić information content (AvgIpc) is 3.20. The number of aromatic nitrogens is 2. The molecule has 2 unspecified atom stereocenters. The van der Waals surface area contributed by atoms with Crippen LogP contribution in [0.5, 0.6) is 0 Å². The van der Waals surface area contributed by atoms with Gasteiger partial charge in [-0.25, -0.2) is 14.8 Å². The van der Waals surface area contributed by atoms with Gasteiger partial charge >= 0.3 is 6.09 Å². The molecule has 1 fully saturated rings. The lowest BCUT2D eigenvalue weighted by Gasteiger charge is -2.43. The summed E-state index contributed by atoms with van der Waals surface area (Å²) in [5.74, 6) is 0.784. The second-order valence-corrected chi connectivity index (χ2v) is 12.4. The van der Waals surface area contributed by atoms with Gasteiger partial charge in [0.2, 0.25) is 5.16 Å². The molecule has 0 saturated carbocycles. The van der Waals surface area contributed by atoms with Gasteiger partial charge in [-0.15, -0.1) is 0 Å². The number of nitriles is 1. The maximum absolute atomic E-state index is 12.9. The topological polar surface area (TPSA) is 99.4 Å². The number of fused-ring (bicyclic) bond motifs is 3. The number of piperazine rings is 1. The molecule has 2 heterocycles. The number of hydrogen-bond acceptors (Lipinski definition) is 7. The van der Waals surface area contributed by atoms with E-state index in [4.69, 9.17) is 14.7 Å². The van der Waals surface area contributed by atoms with Crippen molar-refractivity contribution in [2.24, 2.45) is 0 Å². The maximum atomic E-state index is 12.9. The summed E-state index contributed by atoms with van der Waals surface area (Å²) in [6.07, 6.45) is 8.37. The first kappa shape index (κ1) is 25.4. The minimum Gasteiger partial charge on any atom is -0.444 e. The molecule has 9 heteroatoms. The van der Waals surface area contributed by atoms with Crippen LogP contribution in [-0.4, -0.2) is 62.7 Å². The van der Waals surface area contributed by atoms with E-state index in [-0.39, 0.29) is 17.9 Å². The summed E-state index contributed by atoms with van der Waals surface area (Å²) in [6.45, 7) is 6.94. The van der Waals surface area contributed by atoms with E-state index < -0.39 is 22.5 Å². The molecule has 8 nitrogen and oxygen atoms in total. The quantitative estimate of drug-likeness (QED) is 0.565. The van der Waals surface area contributed by atoms with E-state index in [0.717, 1.165) is 36.3 Å². The molecule has 1 aromatic carbocycles. The number of amides is 1. The first-order valence-corrected chi connectivity index (χ1v) is 14.3. The van der Waals surface area contributed by atoms with Crippen LogP contribution in [0.2, 0.25) is 0 Å². The van der Waals surface area contributed by atoms with E-state index in [1.807, 2.05) is 20.8 Å². The Morgan fingerprint density at radius 2 is 2.05 bits per heavy atom. The Morgan fingerprint density at radius 1 is 1.27 bits per heavy atom. The largest absolute Gasteiger partial charge is 0.444 e. The number of anilines is 1. The van der Waals surface area contributed by atoms with Crippen LogP contribution in [0.3, 0.4) is 0 Å². The second-order valence-electron chi connectivity index (χ2n) is 11.1. The van der Waals surface area contributed by atoms with Crippen LogP contribution in [0.4, 0.5) is 10.6 Å². The van der Waals surface area contributed by atoms with Gasteiger partial charge in [0.1, 0.15) is 11.4 Å². The fourth-order valence-corrected chi connectivity index (χ4v) is 6.17. The smallest absolute Gasteiger partial charge is 0.410 e. The molecule has 3 atom stereocenters. The summed E-state index contributed by atoms with van der Waals surface area (Å²) >= 11 is 0. The maximum Gasteiger partial charge on any atom is 0.410 e. The molecule has 3 aliphatic rings. The minimum atomic E-state index is -1.34. The third kappa shape index (κ3) is 4.87. The Morgan fingerprint density at radius 3 is 2.78 bits per heavy atom. The highest BCUT2D eigenvalue weighted by atomic mass is 32.2. The molecule has 1 aliphatic heterocycles. The Balaban J connectivity index is 1.47. The molecular formula is C28H33N5O3S. The summed E-state index contributed by atoms with van der Waals surface area (Å²) in [7, 11) is -1.34. The molecule has 1 saturated heterocycles. The van der Waals surface area contributed by atoms with E-state index in [2.05, 4.69) is 47.4 Å². The van der Waals surface area contributed by atoms with Crippen LogP contribution >= 0.6 is 0 Å². The number of carbonyl (C=O) groups excluding carboxylic acids is 1. The number of ether oxygens (including phenoxy) is 1. The summed E-state index contributed by atoms with van der Waals surface area (Å²) in [4.78, 5) is 26.2. The van der Waals surface area contributed by atoms with Gasteiger partial charge in [0, 0.05) is 43.3 Å². The van der Waals surface area contributed by atoms with Crippen molar-refractivity contribution >= 4 is 28.8 Å². The molecule has 1 aromatic heterocycles. The predicted octanol–water partition coefficient (Wildman–Crippen LogP) is 4.01. The normalized spacial score (nSPS) is 23.4. The molecule has 5 rings (SSSR count). The molecule has 0 N–H and O–H groups in total. The lowest BCUT2D eigenvalue weighted by Crippen LogP contribution is -2.56. The van der Waals surface area contributed by atoms with Crippen LogP contribution in [0.25, 0.3) is 6.08 Å². The Hall–Kier alpha value is -3.25. The van der Waals surface area contributed by atoms with E-state index in [9.17, 15) is 14.3 Å². The summed E-state index contributed by atoms with van der Waals surface area (Å²) in [5.41, 5.74) is 3.87. The van der Waals surface area contributed by atoms with Crippen molar-refractivity contribution in [3.8, 4) is 6.07 Å². The van der Waals surface area contributed by atoms with Gasteiger partial charge in [0.25, 0.3) is 0 Å². The number of carbonyl (C=O) groups is 1. The molecule has 1 amide bonds. The third-order valence-corrected chi connectivity index (χ3v) is 8.12. The van der Waals surface area contributed by atoms with Crippen LogP contribution in [0.1, 0.15) is 56.0 Å². The number of hydrogen-bond donors (Lipinski definition) is 0. The van der Waals surface area contributed by atoms with Crippen molar-refractivity contribution in [1.82, 2.24) is 14.9 Å². The summed E-state index contributed by atoms with van der Waals surface area (Å²) in [6, 6.07) is 10.4. The minimum absolute atomic E-state index is 0.111. The monoisotopic (exact) mass is 519 g/mol. The fraction of sp³-hybridized carbons (Fsp3) is 0.500. The zero-order valence-corrected chi connectivity index (χ0v) is 22.7. The molecule has 0 bridgehead atoms. The first-order chi connectivity index (χ1) is 17.6. The van der Waals surface area contributed by atoms with E-state index in [0.29, 0.717) is 24.8 Å². The van der Waals surface area contributed by atoms with Gasteiger partial charge in [0.15, 0.2) is 0 Å². The first-order valence-electron chi connectivity index (χ1n) is 12.7. The zero-order valence-electron chi connectivity index (χ0n) is 21.9. The third-order valence-electron chi connectivity index (χ3n) is 7.43. The van der Waals surface area contributed by atoms with Crippen LogP contribution in [0.15, 0.2) is 35.5 Å². The molecular weight excluding hydrogens is 486 g/mol. The number of rotatable bonds is 3. The molecule has 37 heavy (non-hydrogen) atoms. The molecule has 194 valence electrons. The Labute approximate surface area is 220 Å². The van der Waals surface area contributed by atoms with Crippen molar-refractivity contribution in [2.45, 2.75) is 68.7 Å². The lowest BCUT2D eigenvalue weighted by molar-refractivity contribution is 0.0144. The molecule has 0 radical (unpaired) electrons. The van der Waals surface area contributed by atoms with E-state index in [1.165, 1.54) is 11.1 Å². The second kappa shape index (κ2) is 9.56. The highest BCUT2D eigenvalue weighted by Gasteiger charge is 2.41. The number of allylic oxidation sites excluding steroid dienone is 1. The highest BCUT2D eigenvalue weighted by Crippen LogP contribution is 2.46. The van der Waals surface area contributed by atoms with Gasteiger partial charge < -0.3 is 14.5 Å². The summed E-state index contributed by atoms with van der Waals surface area (Å²) < 4.78 is 18.2. The van der Waals surface area contributed by atoms with E-state index >= 15 is 0 Å². The van der Waals surface area contributed by atoms with Gasteiger partial charge in [-0.3, -0.25) is 4.21 Å². The average molecular weight is 520 g/mol.